The predicted octanol–water partition coefficient (Wildman–Crippen LogP) is 1.47. The van der Waals surface area contributed by atoms with Gasteiger partial charge in [0.25, 0.3) is 5.91 Å². The maximum Gasteiger partial charge on any atom is 0.279 e. The van der Waals surface area contributed by atoms with Gasteiger partial charge in [0.2, 0.25) is 5.91 Å². The van der Waals surface area contributed by atoms with Crippen molar-refractivity contribution in [1.82, 2.24) is 24.8 Å². The van der Waals surface area contributed by atoms with Gasteiger partial charge in [-0.15, -0.1) is 0 Å². The van der Waals surface area contributed by atoms with Gasteiger partial charge in [0.15, 0.2) is 10.8 Å². The molecule has 0 fully saturated rings. The SMILES string of the molecule is Cc1cc(C(=O)Nc2nc3c(s2)CN(C(=O)Cn2cccn2)CC3)no1. The molecule has 10 heteroatoms. The molecule has 3 aromatic heterocycles. The second kappa shape index (κ2) is 6.71. The molecule has 0 saturated heterocycles. The Morgan fingerprint density at radius 2 is 2.31 bits per heavy atom. The summed E-state index contributed by atoms with van der Waals surface area (Å²) in [6, 6.07) is 3.36. The van der Waals surface area contributed by atoms with Crippen LogP contribution in [0.3, 0.4) is 0 Å². The van der Waals surface area contributed by atoms with Crippen molar-refractivity contribution in [3.05, 3.63) is 46.6 Å². The van der Waals surface area contributed by atoms with E-state index in [1.54, 1.807) is 41.0 Å². The highest BCUT2D eigenvalue weighted by molar-refractivity contribution is 7.15. The van der Waals surface area contributed by atoms with E-state index in [1.807, 2.05) is 0 Å². The van der Waals surface area contributed by atoms with Gasteiger partial charge in [0.05, 0.1) is 12.2 Å². The van der Waals surface area contributed by atoms with Crippen LogP contribution in [0.5, 0.6) is 0 Å². The first-order valence-corrected chi connectivity index (χ1v) is 8.88. The van der Waals surface area contributed by atoms with Crippen LogP contribution in [0.25, 0.3) is 0 Å². The fourth-order valence-electron chi connectivity index (χ4n) is 2.73. The molecule has 3 aromatic rings. The Balaban J connectivity index is 1.42. The largest absolute Gasteiger partial charge is 0.361 e. The smallest absolute Gasteiger partial charge is 0.279 e. The molecule has 26 heavy (non-hydrogen) atoms. The summed E-state index contributed by atoms with van der Waals surface area (Å²) in [6.07, 6.45) is 4.07. The zero-order valence-corrected chi connectivity index (χ0v) is 14.8. The summed E-state index contributed by atoms with van der Waals surface area (Å²) < 4.78 is 6.52. The number of aromatic nitrogens is 4. The molecule has 9 nitrogen and oxygen atoms in total. The molecular weight excluding hydrogens is 356 g/mol. The lowest BCUT2D eigenvalue weighted by Gasteiger charge is -2.26. The molecule has 0 unspecified atom stereocenters. The van der Waals surface area contributed by atoms with E-state index in [-0.39, 0.29) is 24.1 Å². The van der Waals surface area contributed by atoms with Crippen molar-refractivity contribution >= 4 is 28.3 Å². The van der Waals surface area contributed by atoms with E-state index in [0.717, 1.165) is 10.6 Å². The van der Waals surface area contributed by atoms with E-state index in [0.29, 0.717) is 30.4 Å². The minimum Gasteiger partial charge on any atom is -0.361 e. The lowest BCUT2D eigenvalue weighted by atomic mass is 10.2. The molecule has 0 bridgehead atoms. The Bertz CT molecular complexity index is 945. The highest BCUT2D eigenvalue weighted by atomic mass is 32.1. The summed E-state index contributed by atoms with van der Waals surface area (Å²) in [5.41, 5.74) is 1.14. The van der Waals surface area contributed by atoms with Gasteiger partial charge in [-0.3, -0.25) is 19.6 Å². The first-order chi connectivity index (χ1) is 12.6. The van der Waals surface area contributed by atoms with Gasteiger partial charge in [0, 0.05) is 36.3 Å². The fraction of sp³-hybridized carbons (Fsp3) is 0.312. The fourth-order valence-corrected chi connectivity index (χ4v) is 3.75. The van der Waals surface area contributed by atoms with Crippen LogP contribution >= 0.6 is 11.3 Å². The number of amides is 2. The molecule has 134 valence electrons. The summed E-state index contributed by atoms with van der Waals surface area (Å²) in [4.78, 5) is 31.8. The van der Waals surface area contributed by atoms with Gasteiger partial charge in [-0.05, 0) is 13.0 Å². The van der Waals surface area contributed by atoms with E-state index < -0.39 is 0 Å². The summed E-state index contributed by atoms with van der Waals surface area (Å²) in [5.74, 6) is 0.218. The Hall–Kier alpha value is -3.01. The number of carbonyl (C=O) groups excluding carboxylic acids is 2. The molecule has 0 saturated carbocycles. The average Bonchev–Trinajstić information content (AvgIpc) is 3.34. The lowest BCUT2D eigenvalue weighted by molar-refractivity contribution is -0.132. The van der Waals surface area contributed by atoms with Crippen LogP contribution in [0.4, 0.5) is 5.13 Å². The minimum atomic E-state index is -0.362. The minimum absolute atomic E-state index is 0.0106. The third-order valence-electron chi connectivity index (χ3n) is 4.02. The molecule has 4 heterocycles. The number of hydrogen-bond acceptors (Lipinski definition) is 7. The van der Waals surface area contributed by atoms with E-state index in [4.69, 9.17) is 4.52 Å². The number of nitrogens with zero attached hydrogens (tertiary/aromatic N) is 5. The second-order valence-corrected chi connectivity index (χ2v) is 7.02. The van der Waals surface area contributed by atoms with Crippen molar-refractivity contribution in [2.24, 2.45) is 0 Å². The van der Waals surface area contributed by atoms with E-state index in [1.165, 1.54) is 11.3 Å². The molecule has 0 aromatic carbocycles. The molecule has 1 aliphatic heterocycles. The van der Waals surface area contributed by atoms with Gasteiger partial charge in [0.1, 0.15) is 12.3 Å². The number of aryl methyl sites for hydroxylation is 1. The van der Waals surface area contributed by atoms with Crippen LogP contribution in [0.1, 0.15) is 26.8 Å². The Labute approximate surface area is 152 Å². The third kappa shape index (κ3) is 3.36. The van der Waals surface area contributed by atoms with Gasteiger partial charge < -0.3 is 9.42 Å². The lowest BCUT2D eigenvalue weighted by Crippen LogP contribution is -2.37. The van der Waals surface area contributed by atoms with E-state index >= 15 is 0 Å². The standard InChI is InChI=1S/C16H16N6O3S/c1-10-7-12(20-25-10)15(24)19-16-18-11-3-6-21(8-13(11)26-16)14(23)9-22-5-2-4-17-22/h2,4-5,7H,3,6,8-9H2,1H3,(H,18,19,24). The zero-order chi connectivity index (χ0) is 18.1. The number of thiazole rings is 1. The van der Waals surface area contributed by atoms with Crippen molar-refractivity contribution in [2.45, 2.75) is 26.4 Å². The van der Waals surface area contributed by atoms with Crippen LogP contribution in [0, 0.1) is 6.92 Å². The number of anilines is 1. The molecular formula is C16H16N6O3S. The van der Waals surface area contributed by atoms with E-state index in [9.17, 15) is 9.59 Å². The molecule has 0 atom stereocenters. The van der Waals surface area contributed by atoms with Crippen molar-refractivity contribution < 1.29 is 14.1 Å². The molecule has 1 N–H and O–H groups in total. The zero-order valence-electron chi connectivity index (χ0n) is 14.0. The number of nitrogens with one attached hydrogen (secondary N) is 1. The maximum absolute atomic E-state index is 12.4. The molecule has 1 aliphatic rings. The number of rotatable bonds is 4. The molecule has 2 amide bonds. The van der Waals surface area contributed by atoms with Crippen molar-refractivity contribution in [2.75, 3.05) is 11.9 Å². The second-order valence-electron chi connectivity index (χ2n) is 5.93. The van der Waals surface area contributed by atoms with Crippen LogP contribution < -0.4 is 5.32 Å². The summed E-state index contributed by atoms with van der Waals surface area (Å²) >= 11 is 1.38. The first kappa shape index (κ1) is 16.5. The topological polar surface area (TPSA) is 106 Å². The van der Waals surface area contributed by atoms with Gasteiger partial charge in [-0.25, -0.2) is 4.98 Å². The number of carbonyl (C=O) groups is 2. The predicted molar refractivity (Wildman–Crippen MR) is 92.7 cm³/mol. The summed E-state index contributed by atoms with van der Waals surface area (Å²) in [5, 5.41) is 11.0. The number of hydrogen-bond donors (Lipinski definition) is 1. The Morgan fingerprint density at radius 1 is 1.42 bits per heavy atom. The molecule has 0 aliphatic carbocycles. The van der Waals surface area contributed by atoms with Gasteiger partial charge in [-0.2, -0.15) is 5.10 Å². The first-order valence-electron chi connectivity index (χ1n) is 8.07. The van der Waals surface area contributed by atoms with Crippen LogP contribution in [-0.2, 0) is 24.3 Å². The summed E-state index contributed by atoms with van der Waals surface area (Å²) in [6.45, 7) is 3.04. The van der Waals surface area contributed by atoms with Crippen molar-refractivity contribution in [3.8, 4) is 0 Å². The normalized spacial score (nSPS) is 13.5. The van der Waals surface area contributed by atoms with Crippen LogP contribution in [0.15, 0.2) is 29.0 Å². The van der Waals surface area contributed by atoms with Crippen LogP contribution in [0.2, 0.25) is 0 Å². The van der Waals surface area contributed by atoms with E-state index in [2.05, 4.69) is 20.6 Å². The Morgan fingerprint density at radius 3 is 3.04 bits per heavy atom. The van der Waals surface area contributed by atoms with Crippen LogP contribution in [-0.4, -0.2) is 43.2 Å². The van der Waals surface area contributed by atoms with Crippen molar-refractivity contribution in [3.63, 3.8) is 0 Å². The molecule has 4 rings (SSSR count). The monoisotopic (exact) mass is 372 g/mol. The third-order valence-corrected chi connectivity index (χ3v) is 5.02. The Kier molecular flexibility index (Phi) is 4.25. The summed E-state index contributed by atoms with van der Waals surface area (Å²) in [7, 11) is 0. The number of fused-ring (bicyclic) bond motifs is 1. The van der Waals surface area contributed by atoms with Gasteiger partial charge >= 0.3 is 0 Å². The average molecular weight is 372 g/mol. The van der Waals surface area contributed by atoms with Gasteiger partial charge in [-0.1, -0.05) is 16.5 Å². The quantitative estimate of drug-likeness (QED) is 0.743. The molecule has 0 spiro atoms. The highest BCUT2D eigenvalue weighted by Gasteiger charge is 2.25. The highest BCUT2D eigenvalue weighted by Crippen LogP contribution is 2.28. The maximum atomic E-state index is 12.4. The molecule has 0 radical (unpaired) electrons. The van der Waals surface area contributed by atoms with Crippen molar-refractivity contribution in [1.29, 1.82) is 0 Å².